The van der Waals surface area contributed by atoms with Gasteiger partial charge in [-0.15, -0.1) is 0 Å². The van der Waals surface area contributed by atoms with E-state index in [9.17, 15) is 9.18 Å². The molecule has 4 nitrogen and oxygen atoms in total. The van der Waals surface area contributed by atoms with Crippen molar-refractivity contribution in [3.8, 4) is 0 Å². The molecule has 2 aliphatic rings. The van der Waals surface area contributed by atoms with Crippen molar-refractivity contribution in [1.82, 2.24) is 9.88 Å². The summed E-state index contributed by atoms with van der Waals surface area (Å²) < 4.78 is 14.2. The van der Waals surface area contributed by atoms with Crippen LogP contribution >= 0.6 is 0 Å². The number of anilines is 1. The average molecular weight is 291 g/mol. The van der Waals surface area contributed by atoms with E-state index in [1.807, 2.05) is 0 Å². The molecule has 1 spiro atoms. The maximum Gasteiger partial charge on any atom is 0.257 e. The van der Waals surface area contributed by atoms with Gasteiger partial charge in [-0.25, -0.2) is 9.37 Å². The third-order valence-corrected chi connectivity index (χ3v) is 5.13. The van der Waals surface area contributed by atoms with Gasteiger partial charge in [0.25, 0.3) is 5.91 Å². The van der Waals surface area contributed by atoms with Crippen LogP contribution in [0, 0.1) is 11.2 Å². The van der Waals surface area contributed by atoms with Gasteiger partial charge in [-0.2, -0.15) is 0 Å². The molecule has 1 amide bonds. The summed E-state index contributed by atoms with van der Waals surface area (Å²) >= 11 is 0. The van der Waals surface area contributed by atoms with Crippen LogP contribution in [0.4, 0.5) is 10.2 Å². The minimum absolute atomic E-state index is 0.122. The molecule has 1 aromatic heterocycles. The fourth-order valence-electron chi connectivity index (χ4n) is 3.76. The molecular weight excluding hydrogens is 269 g/mol. The first-order chi connectivity index (χ1) is 10.2. The van der Waals surface area contributed by atoms with E-state index in [0.717, 1.165) is 25.9 Å². The first kappa shape index (κ1) is 14.3. The molecule has 5 heteroatoms. The summed E-state index contributed by atoms with van der Waals surface area (Å²) in [6.45, 7) is 1.49. The highest BCUT2D eigenvalue weighted by atomic mass is 19.1. The second kappa shape index (κ2) is 5.62. The molecule has 1 N–H and O–H groups in total. The van der Waals surface area contributed by atoms with Gasteiger partial charge in [-0.3, -0.25) is 4.79 Å². The zero-order valence-electron chi connectivity index (χ0n) is 12.5. The third-order valence-electron chi connectivity index (χ3n) is 5.13. The van der Waals surface area contributed by atoms with E-state index in [0.29, 0.717) is 5.41 Å². The van der Waals surface area contributed by atoms with Gasteiger partial charge >= 0.3 is 0 Å². The lowest BCUT2D eigenvalue weighted by molar-refractivity contribution is 0.0583. The Labute approximate surface area is 124 Å². The van der Waals surface area contributed by atoms with Crippen molar-refractivity contribution >= 4 is 11.7 Å². The summed E-state index contributed by atoms with van der Waals surface area (Å²) in [4.78, 5) is 18.2. The molecule has 0 radical (unpaired) electrons. The van der Waals surface area contributed by atoms with Crippen LogP contribution in [0.15, 0.2) is 12.3 Å². The Bertz CT molecular complexity index is 530. The summed E-state index contributed by atoms with van der Waals surface area (Å²) in [5.74, 6) is -0.629. The van der Waals surface area contributed by atoms with Crippen LogP contribution < -0.4 is 5.32 Å². The standard InChI is InChI=1S/C16H22FN3O/c1-18-14-13(17)12(4-9-19-14)15(21)20-10-7-16(8-11-20)5-2-3-6-16/h4,9H,2-3,5-8,10-11H2,1H3,(H,18,19). The lowest BCUT2D eigenvalue weighted by Crippen LogP contribution is -2.42. The van der Waals surface area contributed by atoms with Crippen molar-refractivity contribution in [1.29, 1.82) is 0 Å². The SMILES string of the molecule is CNc1nccc(C(=O)N2CCC3(CCCC3)CC2)c1F. The van der Waals surface area contributed by atoms with Crippen LogP contribution in [0.1, 0.15) is 48.9 Å². The highest BCUT2D eigenvalue weighted by Crippen LogP contribution is 2.46. The number of piperidine rings is 1. The van der Waals surface area contributed by atoms with Crippen LogP contribution in [0.2, 0.25) is 0 Å². The second-order valence-corrected chi connectivity index (χ2v) is 6.27. The lowest BCUT2D eigenvalue weighted by Gasteiger charge is -2.39. The number of carbonyl (C=O) groups is 1. The zero-order valence-corrected chi connectivity index (χ0v) is 12.5. The third kappa shape index (κ3) is 2.61. The van der Waals surface area contributed by atoms with Crippen LogP contribution in [-0.2, 0) is 0 Å². The average Bonchev–Trinajstić information content (AvgIpc) is 2.96. The van der Waals surface area contributed by atoms with Gasteiger partial charge in [0.05, 0.1) is 5.56 Å². The molecule has 0 bridgehead atoms. The van der Waals surface area contributed by atoms with Gasteiger partial charge in [-0.1, -0.05) is 12.8 Å². The Balaban J connectivity index is 1.72. The molecule has 114 valence electrons. The van der Waals surface area contributed by atoms with Crippen molar-refractivity contribution < 1.29 is 9.18 Å². The summed E-state index contributed by atoms with van der Waals surface area (Å²) in [7, 11) is 1.60. The Morgan fingerprint density at radius 2 is 1.95 bits per heavy atom. The van der Waals surface area contributed by atoms with Crippen LogP contribution in [0.25, 0.3) is 0 Å². The van der Waals surface area contributed by atoms with Crippen LogP contribution in [0.3, 0.4) is 0 Å². The number of aromatic nitrogens is 1. The molecule has 1 aliphatic heterocycles. The van der Waals surface area contributed by atoms with E-state index >= 15 is 0 Å². The molecule has 0 unspecified atom stereocenters. The number of amides is 1. The first-order valence-corrected chi connectivity index (χ1v) is 7.77. The molecule has 1 saturated carbocycles. The second-order valence-electron chi connectivity index (χ2n) is 6.27. The number of pyridine rings is 1. The minimum atomic E-state index is -0.550. The predicted molar refractivity (Wildman–Crippen MR) is 79.8 cm³/mol. The van der Waals surface area contributed by atoms with E-state index in [2.05, 4.69) is 10.3 Å². The fraction of sp³-hybridized carbons (Fsp3) is 0.625. The van der Waals surface area contributed by atoms with E-state index < -0.39 is 5.82 Å². The van der Waals surface area contributed by atoms with Gasteiger partial charge in [0, 0.05) is 26.3 Å². The van der Waals surface area contributed by atoms with E-state index in [1.54, 1.807) is 11.9 Å². The van der Waals surface area contributed by atoms with Crippen LogP contribution in [0.5, 0.6) is 0 Å². The van der Waals surface area contributed by atoms with Gasteiger partial charge in [0.1, 0.15) is 0 Å². The quantitative estimate of drug-likeness (QED) is 0.911. The highest BCUT2D eigenvalue weighted by Gasteiger charge is 2.38. The van der Waals surface area contributed by atoms with E-state index in [1.165, 1.54) is 37.9 Å². The lowest BCUT2D eigenvalue weighted by atomic mass is 9.77. The summed E-state index contributed by atoms with van der Waals surface area (Å²) in [5.41, 5.74) is 0.584. The predicted octanol–water partition coefficient (Wildman–Crippen LogP) is 3.06. The molecule has 3 rings (SSSR count). The Morgan fingerprint density at radius 1 is 1.29 bits per heavy atom. The molecule has 2 fully saturated rings. The monoisotopic (exact) mass is 291 g/mol. The Morgan fingerprint density at radius 3 is 2.57 bits per heavy atom. The zero-order chi connectivity index (χ0) is 14.9. The molecule has 21 heavy (non-hydrogen) atoms. The summed E-state index contributed by atoms with van der Waals surface area (Å²) in [5, 5.41) is 2.68. The molecule has 1 aromatic rings. The number of rotatable bonds is 2. The maximum absolute atomic E-state index is 14.2. The number of nitrogens with one attached hydrogen (secondary N) is 1. The minimum Gasteiger partial charge on any atom is -0.371 e. The van der Waals surface area contributed by atoms with Crippen molar-refractivity contribution in [2.75, 3.05) is 25.5 Å². The van der Waals surface area contributed by atoms with E-state index in [4.69, 9.17) is 0 Å². The molecule has 1 saturated heterocycles. The van der Waals surface area contributed by atoms with Crippen LogP contribution in [-0.4, -0.2) is 35.9 Å². The first-order valence-electron chi connectivity index (χ1n) is 7.77. The topological polar surface area (TPSA) is 45.2 Å². The van der Waals surface area contributed by atoms with Crippen molar-refractivity contribution in [2.24, 2.45) is 5.41 Å². The van der Waals surface area contributed by atoms with Gasteiger partial charge in [0.15, 0.2) is 11.6 Å². The Kier molecular flexibility index (Phi) is 3.83. The van der Waals surface area contributed by atoms with Crippen molar-refractivity contribution in [2.45, 2.75) is 38.5 Å². The van der Waals surface area contributed by atoms with Crippen molar-refractivity contribution in [3.05, 3.63) is 23.6 Å². The molecule has 2 heterocycles. The Hall–Kier alpha value is -1.65. The summed E-state index contributed by atoms with van der Waals surface area (Å²) in [6, 6.07) is 1.47. The molecule has 0 aromatic carbocycles. The molecule has 1 aliphatic carbocycles. The highest BCUT2D eigenvalue weighted by molar-refractivity contribution is 5.95. The fourth-order valence-corrected chi connectivity index (χ4v) is 3.76. The van der Waals surface area contributed by atoms with E-state index in [-0.39, 0.29) is 17.3 Å². The van der Waals surface area contributed by atoms with Gasteiger partial charge in [-0.05, 0) is 37.2 Å². The van der Waals surface area contributed by atoms with Crippen molar-refractivity contribution in [3.63, 3.8) is 0 Å². The maximum atomic E-state index is 14.2. The largest absolute Gasteiger partial charge is 0.371 e. The number of hydrogen-bond donors (Lipinski definition) is 1. The smallest absolute Gasteiger partial charge is 0.257 e. The number of hydrogen-bond acceptors (Lipinski definition) is 3. The number of halogens is 1. The molecule has 0 atom stereocenters. The van der Waals surface area contributed by atoms with Gasteiger partial charge in [0.2, 0.25) is 0 Å². The van der Waals surface area contributed by atoms with Gasteiger partial charge < -0.3 is 10.2 Å². The molecular formula is C16H22FN3O. The number of likely N-dealkylation sites (tertiary alicyclic amines) is 1. The summed E-state index contributed by atoms with van der Waals surface area (Å²) in [6.07, 6.45) is 8.82. The normalized spacial score (nSPS) is 20.8. The number of nitrogens with zero attached hydrogens (tertiary/aromatic N) is 2. The number of carbonyl (C=O) groups excluding carboxylic acids is 1.